The van der Waals surface area contributed by atoms with Gasteiger partial charge in [-0.25, -0.2) is 0 Å². The summed E-state index contributed by atoms with van der Waals surface area (Å²) in [5.74, 6) is 1.08. The number of nitrogens with zero attached hydrogens (tertiary/aromatic N) is 1. The molecule has 1 aromatic heterocycles. The quantitative estimate of drug-likeness (QED) is 0.688. The third kappa shape index (κ3) is 3.00. The van der Waals surface area contributed by atoms with Gasteiger partial charge in [-0.3, -0.25) is 0 Å². The van der Waals surface area contributed by atoms with E-state index in [0.29, 0.717) is 6.54 Å². The molecule has 0 spiro atoms. The van der Waals surface area contributed by atoms with Crippen molar-refractivity contribution in [3.8, 4) is 17.1 Å². The second-order valence-electron chi connectivity index (χ2n) is 5.29. The first-order chi connectivity index (χ1) is 10.1. The minimum atomic E-state index is 0. The average Bonchev–Trinajstić information content (AvgIpc) is 2.80. The van der Waals surface area contributed by atoms with E-state index in [0.717, 1.165) is 32.3 Å². The molecule has 3 aromatic rings. The molecule has 1 heterocycles. The van der Waals surface area contributed by atoms with Gasteiger partial charge in [-0.2, -0.15) is 0 Å². The number of phenolic OH excluding ortho intramolecular Hbond substituents is 1. The molecule has 3 rings (SSSR count). The molecular formula is C17H17BrClNO2. The first-order valence-electron chi connectivity index (χ1n) is 6.71. The van der Waals surface area contributed by atoms with Crippen molar-refractivity contribution in [2.45, 2.75) is 6.54 Å². The highest BCUT2D eigenvalue weighted by Crippen LogP contribution is 2.41. The maximum atomic E-state index is 10.2. The second kappa shape index (κ2) is 6.73. The first kappa shape index (κ1) is 16.9. The molecule has 116 valence electrons. The number of halogens is 2. The van der Waals surface area contributed by atoms with Gasteiger partial charge >= 0.3 is 0 Å². The zero-order chi connectivity index (χ0) is 15.0. The number of hydrogen-bond donors (Lipinski definition) is 1. The Hall–Kier alpha value is -1.49. The van der Waals surface area contributed by atoms with Crippen molar-refractivity contribution in [1.82, 2.24) is 4.90 Å². The Bertz CT molecular complexity index is 784. The smallest absolute Gasteiger partial charge is 0.149 e. The zero-order valence-electron chi connectivity index (χ0n) is 12.3. The minimum absolute atomic E-state index is 0. The highest BCUT2D eigenvalue weighted by molar-refractivity contribution is 9.10. The lowest BCUT2D eigenvalue weighted by Gasteiger charge is -2.12. The number of hydrogen-bond acceptors (Lipinski definition) is 3. The van der Waals surface area contributed by atoms with Crippen LogP contribution in [0, 0.1) is 0 Å². The lowest BCUT2D eigenvalue weighted by Crippen LogP contribution is -2.11. The van der Waals surface area contributed by atoms with Crippen molar-refractivity contribution in [3.05, 3.63) is 52.5 Å². The van der Waals surface area contributed by atoms with E-state index >= 15 is 0 Å². The fraction of sp³-hybridized carbons (Fsp3) is 0.176. The normalized spacial score (nSPS) is 10.9. The molecule has 22 heavy (non-hydrogen) atoms. The molecular weight excluding hydrogens is 366 g/mol. The Morgan fingerprint density at radius 2 is 1.77 bits per heavy atom. The molecule has 3 nitrogen and oxygen atoms in total. The molecule has 1 N–H and O–H groups in total. The summed E-state index contributed by atoms with van der Waals surface area (Å²) in [7, 11) is 3.95. The van der Waals surface area contributed by atoms with E-state index in [1.54, 1.807) is 12.1 Å². The van der Waals surface area contributed by atoms with Crippen molar-refractivity contribution in [1.29, 1.82) is 0 Å². The van der Waals surface area contributed by atoms with E-state index in [1.807, 2.05) is 49.3 Å². The summed E-state index contributed by atoms with van der Waals surface area (Å²) < 4.78 is 6.87. The van der Waals surface area contributed by atoms with Gasteiger partial charge in [0.25, 0.3) is 0 Å². The van der Waals surface area contributed by atoms with Crippen LogP contribution in [0.15, 0.2) is 51.4 Å². The van der Waals surface area contributed by atoms with Gasteiger partial charge in [0.15, 0.2) is 0 Å². The van der Waals surface area contributed by atoms with Crippen LogP contribution in [-0.2, 0) is 6.54 Å². The second-order valence-corrected chi connectivity index (χ2v) is 6.08. The summed E-state index contributed by atoms with van der Waals surface area (Å²) in [5, 5.41) is 11.1. The largest absolute Gasteiger partial charge is 0.508 e. The Labute approximate surface area is 144 Å². The molecule has 0 aliphatic carbocycles. The summed E-state index contributed by atoms with van der Waals surface area (Å²) >= 11 is 3.64. The Balaban J connectivity index is 0.00000176. The van der Waals surface area contributed by atoms with Gasteiger partial charge in [0.2, 0.25) is 0 Å². The summed E-state index contributed by atoms with van der Waals surface area (Å²) in [5.41, 5.74) is 2.65. The molecule has 0 aliphatic heterocycles. The summed E-state index contributed by atoms with van der Waals surface area (Å²) in [4.78, 5) is 2.02. The fourth-order valence-electron chi connectivity index (χ4n) is 2.46. The number of phenols is 1. The lowest BCUT2D eigenvalue weighted by molar-refractivity contribution is 0.388. The topological polar surface area (TPSA) is 36.6 Å². The summed E-state index contributed by atoms with van der Waals surface area (Å²) in [6.07, 6.45) is 0. The van der Waals surface area contributed by atoms with Crippen LogP contribution in [0.4, 0.5) is 0 Å². The fourth-order valence-corrected chi connectivity index (χ4v) is 3.21. The van der Waals surface area contributed by atoms with Gasteiger partial charge in [0.05, 0.1) is 4.47 Å². The van der Waals surface area contributed by atoms with Crippen LogP contribution in [0.5, 0.6) is 5.75 Å². The highest BCUT2D eigenvalue weighted by atomic mass is 79.9. The molecule has 0 unspecified atom stereocenters. The van der Waals surface area contributed by atoms with Gasteiger partial charge in [-0.1, -0.05) is 30.3 Å². The molecule has 0 radical (unpaired) electrons. The van der Waals surface area contributed by atoms with Crippen LogP contribution in [0.2, 0.25) is 0 Å². The van der Waals surface area contributed by atoms with Crippen molar-refractivity contribution in [2.24, 2.45) is 0 Å². The zero-order valence-corrected chi connectivity index (χ0v) is 14.7. The molecule has 0 saturated carbocycles. The van der Waals surface area contributed by atoms with Crippen LogP contribution >= 0.6 is 28.3 Å². The number of fused-ring (bicyclic) bond motifs is 1. The standard InChI is InChI=1S/C17H16BrNO2.ClH/c1-19(2)10-12-13(20)8-9-14-15(12)16(18)17(21-14)11-6-4-3-5-7-11;/h3-9,20H,10H2,1-2H3;1H. The van der Waals surface area contributed by atoms with Crippen LogP contribution in [-0.4, -0.2) is 24.1 Å². The van der Waals surface area contributed by atoms with Crippen molar-refractivity contribution < 1.29 is 9.52 Å². The third-order valence-electron chi connectivity index (χ3n) is 3.39. The molecule has 5 heteroatoms. The molecule has 0 aliphatic rings. The van der Waals surface area contributed by atoms with Gasteiger partial charge in [0.1, 0.15) is 17.1 Å². The highest BCUT2D eigenvalue weighted by Gasteiger charge is 2.19. The van der Waals surface area contributed by atoms with Gasteiger partial charge < -0.3 is 14.4 Å². The van der Waals surface area contributed by atoms with Gasteiger partial charge in [0, 0.05) is 23.1 Å². The van der Waals surface area contributed by atoms with Gasteiger partial charge in [-0.05, 0) is 42.2 Å². The van der Waals surface area contributed by atoms with Crippen molar-refractivity contribution >= 4 is 39.3 Å². The van der Waals surface area contributed by atoms with Gasteiger partial charge in [-0.15, -0.1) is 12.4 Å². The van der Waals surface area contributed by atoms with E-state index in [2.05, 4.69) is 15.9 Å². The Morgan fingerprint density at radius 3 is 2.41 bits per heavy atom. The van der Waals surface area contributed by atoms with E-state index in [-0.39, 0.29) is 18.2 Å². The molecule has 0 atom stereocenters. The lowest BCUT2D eigenvalue weighted by atomic mass is 10.1. The van der Waals surface area contributed by atoms with Crippen LogP contribution in [0.1, 0.15) is 5.56 Å². The first-order valence-corrected chi connectivity index (χ1v) is 7.50. The number of aromatic hydroxyl groups is 1. The molecule has 0 amide bonds. The summed E-state index contributed by atoms with van der Waals surface area (Å²) in [6.45, 7) is 0.648. The number of furan rings is 1. The number of benzene rings is 2. The van der Waals surface area contributed by atoms with E-state index in [4.69, 9.17) is 4.42 Å². The third-order valence-corrected chi connectivity index (χ3v) is 4.15. The molecule has 0 fully saturated rings. The van der Waals surface area contributed by atoms with E-state index < -0.39 is 0 Å². The summed E-state index contributed by atoms with van der Waals surface area (Å²) in [6, 6.07) is 13.4. The van der Waals surface area contributed by atoms with Crippen LogP contribution < -0.4 is 0 Å². The predicted molar refractivity (Wildman–Crippen MR) is 95.7 cm³/mol. The number of rotatable bonds is 3. The van der Waals surface area contributed by atoms with E-state index in [9.17, 15) is 5.11 Å². The molecule has 0 saturated heterocycles. The monoisotopic (exact) mass is 381 g/mol. The maximum Gasteiger partial charge on any atom is 0.149 e. The van der Waals surface area contributed by atoms with Crippen molar-refractivity contribution in [3.63, 3.8) is 0 Å². The van der Waals surface area contributed by atoms with Crippen LogP contribution in [0.25, 0.3) is 22.3 Å². The Kier molecular flexibility index (Phi) is 5.16. The minimum Gasteiger partial charge on any atom is -0.508 e. The maximum absolute atomic E-state index is 10.2. The van der Waals surface area contributed by atoms with Crippen LogP contribution in [0.3, 0.4) is 0 Å². The SMILES string of the molecule is CN(C)Cc1c(O)ccc2oc(-c3ccccc3)c(Br)c12.Cl. The molecule has 2 aromatic carbocycles. The van der Waals surface area contributed by atoms with Crippen molar-refractivity contribution in [2.75, 3.05) is 14.1 Å². The predicted octanol–water partition coefficient (Wildman–Crippen LogP) is 5.05. The average molecular weight is 383 g/mol. The van der Waals surface area contributed by atoms with E-state index in [1.165, 1.54) is 0 Å². The molecule has 0 bridgehead atoms. The Morgan fingerprint density at radius 1 is 1.09 bits per heavy atom.